The number of nitrogen functional groups attached to an aromatic ring is 1. The second-order valence-electron chi connectivity index (χ2n) is 3.01. The number of pyridine rings is 1. The standard InChI is InChI=1S/C9H15N3O3S/c1-2-15-6-5-12-16(13,14)9-7-11-4-3-8(9)10/h3-4,7,12H,2,5-6H2,1H3,(H2,10,11). The third kappa shape index (κ3) is 3.44. The summed E-state index contributed by atoms with van der Waals surface area (Å²) in [4.78, 5) is 3.72. The number of aromatic nitrogens is 1. The zero-order valence-corrected chi connectivity index (χ0v) is 9.83. The molecule has 0 aliphatic rings. The molecule has 0 bridgehead atoms. The van der Waals surface area contributed by atoms with Crippen molar-refractivity contribution in [2.45, 2.75) is 11.8 Å². The topological polar surface area (TPSA) is 94.3 Å². The van der Waals surface area contributed by atoms with E-state index >= 15 is 0 Å². The maximum Gasteiger partial charge on any atom is 0.244 e. The van der Waals surface area contributed by atoms with Crippen molar-refractivity contribution in [2.75, 3.05) is 25.5 Å². The summed E-state index contributed by atoms with van der Waals surface area (Å²) in [7, 11) is -3.59. The molecule has 0 saturated heterocycles. The average molecular weight is 245 g/mol. The van der Waals surface area contributed by atoms with Crippen LogP contribution in [0.5, 0.6) is 0 Å². The normalized spacial score (nSPS) is 11.6. The maximum absolute atomic E-state index is 11.7. The predicted octanol–water partition coefficient (Wildman–Crippen LogP) is -0.0214. The lowest BCUT2D eigenvalue weighted by Crippen LogP contribution is -2.28. The Labute approximate surface area is 94.9 Å². The van der Waals surface area contributed by atoms with Crippen molar-refractivity contribution in [3.05, 3.63) is 18.5 Å². The maximum atomic E-state index is 11.7. The first-order valence-corrected chi connectivity index (χ1v) is 6.33. The largest absolute Gasteiger partial charge is 0.398 e. The summed E-state index contributed by atoms with van der Waals surface area (Å²) in [5.74, 6) is 0. The molecule has 0 unspecified atom stereocenters. The van der Waals surface area contributed by atoms with E-state index in [-0.39, 0.29) is 17.1 Å². The molecule has 7 heteroatoms. The SMILES string of the molecule is CCOCCNS(=O)(=O)c1cnccc1N. The van der Waals surface area contributed by atoms with Crippen LogP contribution in [-0.4, -0.2) is 33.2 Å². The molecule has 0 aromatic carbocycles. The number of sulfonamides is 1. The molecule has 1 rings (SSSR count). The Kier molecular flexibility index (Phi) is 4.66. The summed E-state index contributed by atoms with van der Waals surface area (Å²) < 4.78 is 30.9. The second-order valence-corrected chi connectivity index (χ2v) is 4.74. The molecule has 1 heterocycles. The van der Waals surface area contributed by atoms with Crippen LogP contribution >= 0.6 is 0 Å². The molecule has 16 heavy (non-hydrogen) atoms. The summed E-state index contributed by atoms with van der Waals surface area (Å²) >= 11 is 0. The van der Waals surface area contributed by atoms with Crippen LogP contribution in [0.1, 0.15) is 6.92 Å². The molecule has 0 radical (unpaired) electrons. The molecule has 0 aliphatic heterocycles. The fourth-order valence-electron chi connectivity index (χ4n) is 1.09. The molecule has 90 valence electrons. The van der Waals surface area contributed by atoms with Gasteiger partial charge in [0, 0.05) is 25.5 Å². The Morgan fingerprint density at radius 3 is 2.94 bits per heavy atom. The Bertz CT molecular complexity index is 433. The number of anilines is 1. The lowest BCUT2D eigenvalue weighted by atomic mass is 10.4. The molecular weight excluding hydrogens is 230 g/mol. The summed E-state index contributed by atoms with van der Waals surface area (Å²) in [6.45, 7) is 2.94. The van der Waals surface area contributed by atoms with E-state index < -0.39 is 10.0 Å². The molecule has 0 fully saturated rings. The monoisotopic (exact) mass is 245 g/mol. The van der Waals surface area contributed by atoms with Gasteiger partial charge in [-0.3, -0.25) is 4.98 Å². The van der Waals surface area contributed by atoms with Crippen LogP contribution in [0.3, 0.4) is 0 Å². The lowest BCUT2D eigenvalue weighted by molar-refractivity contribution is 0.153. The summed E-state index contributed by atoms with van der Waals surface area (Å²) in [5, 5.41) is 0. The first-order valence-electron chi connectivity index (χ1n) is 4.85. The van der Waals surface area contributed by atoms with Gasteiger partial charge >= 0.3 is 0 Å². The van der Waals surface area contributed by atoms with Crippen LogP contribution in [-0.2, 0) is 14.8 Å². The second kappa shape index (κ2) is 5.78. The van der Waals surface area contributed by atoms with E-state index in [2.05, 4.69) is 9.71 Å². The lowest BCUT2D eigenvalue weighted by Gasteiger charge is -2.08. The van der Waals surface area contributed by atoms with E-state index in [1.807, 2.05) is 6.92 Å². The van der Waals surface area contributed by atoms with Gasteiger partial charge in [-0.25, -0.2) is 13.1 Å². The molecule has 0 saturated carbocycles. The van der Waals surface area contributed by atoms with Crippen LogP contribution in [0.15, 0.2) is 23.4 Å². The Hall–Kier alpha value is -1.18. The predicted molar refractivity (Wildman–Crippen MR) is 60.3 cm³/mol. The zero-order chi connectivity index (χ0) is 12.0. The van der Waals surface area contributed by atoms with Gasteiger partial charge in [-0.1, -0.05) is 0 Å². The van der Waals surface area contributed by atoms with Crippen LogP contribution in [0, 0.1) is 0 Å². The van der Waals surface area contributed by atoms with Crippen molar-refractivity contribution in [3.63, 3.8) is 0 Å². The van der Waals surface area contributed by atoms with E-state index in [9.17, 15) is 8.42 Å². The summed E-state index contributed by atoms with van der Waals surface area (Å²) in [6, 6.07) is 1.44. The quantitative estimate of drug-likeness (QED) is 0.687. The third-order valence-corrected chi connectivity index (χ3v) is 3.35. The number of ether oxygens (including phenoxy) is 1. The summed E-state index contributed by atoms with van der Waals surface area (Å²) in [5.41, 5.74) is 5.73. The molecule has 0 spiro atoms. The Balaban J connectivity index is 2.68. The first-order chi connectivity index (χ1) is 7.58. The smallest absolute Gasteiger partial charge is 0.244 e. The molecule has 0 amide bonds. The van der Waals surface area contributed by atoms with Gasteiger partial charge < -0.3 is 10.5 Å². The third-order valence-electron chi connectivity index (χ3n) is 1.85. The van der Waals surface area contributed by atoms with Gasteiger partial charge in [0.1, 0.15) is 4.90 Å². The van der Waals surface area contributed by atoms with Gasteiger partial charge in [-0.2, -0.15) is 0 Å². The number of hydrogen-bond acceptors (Lipinski definition) is 5. The molecule has 6 nitrogen and oxygen atoms in total. The highest BCUT2D eigenvalue weighted by atomic mass is 32.2. The first kappa shape index (κ1) is 12.9. The number of nitrogens with two attached hydrogens (primary N) is 1. The molecule has 1 aromatic rings. The number of nitrogens with one attached hydrogen (secondary N) is 1. The van der Waals surface area contributed by atoms with Gasteiger partial charge in [-0.15, -0.1) is 0 Å². The van der Waals surface area contributed by atoms with E-state index in [0.717, 1.165) is 0 Å². The van der Waals surface area contributed by atoms with Crippen LogP contribution in [0.25, 0.3) is 0 Å². The molecule has 0 aliphatic carbocycles. The molecule has 0 atom stereocenters. The van der Waals surface area contributed by atoms with Crippen LogP contribution in [0.4, 0.5) is 5.69 Å². The van der Waals surface area contributed by atoms with Crippen LogP contribution in [0.2, 0.25) is 0 Å². The van der Waals surface area contributed by atoms with Crippen molar-refractivity contribution in [3.8, 4) is 0 Å². The van der Waals surface area contributed by atoms with Gasteiger partial charge in [0.2, 0.25) is 10.0 Å². The highest BCUT2D eigenvalue weighted by Gasteiger charge is 2.16. The van der Waals surface area contributed by atoms with Gasteiger partial charge in [-0.05, 0) is 13.0 Å². The van der Waals surface area contributed by atoms with E-state index in [1.54, 1.807) is 0 Å². The Morgan fingerprint density at radius 1 is 1.56 bits per heavy atom. The fourth-order valence-corrected chi connectivity index (χ4v) is 2.17. The fraction of sp³-hybridized carbons (Fsp3) is 0.444. The number of nitrogens with zero attached hydrogens (tertiary/aromatic N) is 1. The molecule has 1 aromatic heterocycles. The highest BCUT2D eigenvalue weighted by Crippen LogP contribution is 2.14. The highest BCUT2D eigenvalue weighted by molar-refractivity contribution is 7.89. The average Bonchev–Trinajstić information content (AvgIpc) is 2.25. The van der Waals surface area contributed by atoms with Crippen LogP contribution < -0.4 is 10.5 Å². The number of hydrogen-bond donors (Lipinski definition) is 2. The van der Waals surface area contributed by atoms with E-state index in [1.165, 1.54) is 18.5 Å². The van der Waals surface area contributed by atoms with E-state index in [0.29, 0.717) is 13.2 Å². The summed E-state index contributed by atoms with van der Waals surface area (Å²) in [6.07, 6.45) is 2.66. The van der Waals surface area contributed by atoms with Crippen molar-refractivity contribution in [2.24, 2.45) is 0 Å². The van der Waals surface area contributed by atoms with Crippen molar-refractivity contribution >= 4 is 15.7 Å². The Morgan fingerprint density at radius 2 is 2.31 bits per heavy atom. The zero-order valence-electron chi connectivity index (χ0n) is 9.01. The van der Waals surface area contributed by atoms with Crippen molar-refractivity contribution in [1.29, 1.82) is 0 Å². The van der Waals surface area contributed by atoms with Gasteiger partial charge in [0.15, 0.2) is 0 Å². The van der Waals surface area contributed by atoms with Crippen molar-refractivity contribution in [1.82, 2.24) is 9.71 Å². The minimum Gasteiger partial charge on any atom is -0.398 e. The minimum atomic E-state index is -3.59. The van der Waals surface area contributed by atoms with E-state index in [4.69, 9.17) is 10.5 Å². The van der Waals surface area contributed by atoms with Gasteiger partial charge in [0.05, 0.1) is 12.3 Å². The molecular formula is C9H15N3O3S. The number of rotatable bonds is 6. The van der Waals surface area contributed by atoms with Gasteiger partial charge in [0.25, 0.3) is 0 Å². The van der Waals surface area contributed by atoms with Crippen molar-refractivity contribution < 1.29 is 13.2 Å². The molecule has 3 N–H and O–H groups in total. The minimum absolute atomic E-state index is 0.00787.